The zero-order valence-corrected chi connectivity index (χ0v) is 17.9. The first-order chi connectivity index (χ1) is 14.8. The normalized spacial score (nSPS) is 12.2. The van der Waals surface area contributed by atoms with Crippen molar-refractivity contribution in [1.82, 2.24) is 15.2 Å². The van der Waals surface area contributed by atoms with Crippen LogP contribution in [-0.4, -0.2) is 47.3 Å². The molecule has 2 rings (SSSR count). The zero-order chi connectivity index (χ0) is 23.0. The Bertz CT molecular complexity index is 943. The molecule has 1 unspecified atom stereocenters. The summed E-state index contributed by atoms with van der Waals surface area (Å²) in [7, 11) is 0. The SMILES string of the molecule is CCN=C(N)c1cnc(NC(=O)NC(C(=O)N(CC)CC)c2ccc(F)cc2)cc1N. The van der Waals surface area contributed by atoms with Gasteiger partial charge in [-0.1, -0.05) is 12.1 Å². The summed E-state index contributed by atoms with van der Waals surface area (Å²) in [6, 6.07) is 5.19. The summed E-state index contributed by atoms with van der Waals surface area (Å²) >= 11 is 0. The number of likely N-dealkylation sites (N-methyl/N-ethyl adjacent to an activating group) is 1. The van der Waals surface area contributed by atoms with Crippen molar-refractivity contribution in [2.75, 3.05) is 30.7 Å². The first-order valence-corrected chi connectivity index (χ1v) is 9.98. The maximum atomic E-state index is 13.3. The molecule has 3 amide bonds. The maximum Gasteiger partial charge on any atom is 0.321 e. The third-order valence-electron chi connectivity index (χ3n) is 4.58. The minimum absolute atomic E-state index is 0.177. The van der Waals surface area contributed by atoms with E-state index in [-0.39, 0.29) is 17.6 Å². The number of anilines is 2. The van der Waals surface area contributed by atoms with Gasteiger partial charge in [0.1, 0.15) is 23.5 Å². The molecule has 1 atom stereocenters. The van der Waals surface area contributed by atoms with Gasteiger partial charge in [0.15, 0.2) is 0 Å². The van der Waals surface area contributed by atoms with Crippen molar-refractivity contribution < 1.29 is 14.0 Å². The van der Waals surface area contributed by atoms with E-state index in [4.69, 9.17) is 11.5 Å². The number of amides is 3. The van der Waals surface area contributed by atoms with Gasteiger partial charge in [0.2, 0.25) is 5.91 Å². The van der Waals surface area contributed by atoms with Crippen molar-refractivity contribution in [3.05, 3.63) is 53.5 Å². The van der Waals surface area contributed by atoms with E-state index in [2.05, 4.69) is 20.6 Å². The number of hydrogen-bond acceptors (Lipinski definition) is 5. The fraction of sp³-hybridized carbons (Fsp3) is 0.333. The number of aliphatic imine (C=N–C) groups is 1. The van der Waals surface area contributed by atoms with Crippen LogP contribution in [0.3, 0.4) is 0 Å². The average molecular weight is 430 g/mol. The van der Waals surface area contributed by atoms with Crippen LogP contribution < -0.4 is 22.1 Å². The number of rotatable bonds is 8. The lowest BCUT2D eigenvalue weighted by Gasteiger charge is -2.26. The predicted molar refractivity (Wildman–Crippen MR) is 119 cm³/mol. The number of carbonyl (C=O) groups excluding carboxylic acids is 2. The van der Waals surface area contributed by atoms with E-state index in [1.807, 2.05) is 20.8 Å². The first-order valence-electron chi connectivity index (χ1n) is 9.98. The fourth-order valence-electron chi connectivity index (χ4n) is 2.95. The zero-order valence-electron chi connectivity index (χ0n) is 17.9. The Morgan fingerprint density at radius 3 is 2.39 bits per heavy atom. The van der Waals surface area contributed by atoms with Crippen LogP contribution in [0.25, 0.3) is 0 Å². The molecule has 0 fully saturated rings. The third kappa shape index (κ3) is 6.14. The molecule has 6 N–H and O–H groups in total. The van der Waals surface area contributed by atoms with Crippen LogP contribution in [0.1, 0.15) is 37.9 Å². The van der Waals surface area contributed by atoms with Crippen LogP contribution in [0.2, 0.25) is 0 Å². The van der Waals surface area contributed by atoms with Gasteiger partial charge in [-0.05, 0) is 38.5 Å². The molecule has 10 heteroatoms. The lowest BCUT2D eigenvalue weighted by Crippen LogP contribution is -2.44. The van der Waals surface area contributed by atoms with Gasteiger partial charge < -0.3 is 21.7 Å². The highest BCUT2D eigenvalue weighted by Gasteiger charge is 2.26. The number of nitrogens with one attached hydrogen (secondary N) is 2. The molecule has 0 saturated heterocycles. The number of nitrogen functional groups attached to an aromatic ring is 1. The number of pyridine rings is 1. The van der Waals surface area contributed by atoms with Crippen LogP contribution in [0.4, 0.5) is 20.7 Å². The standard InChI is InChI=1S/C21H28FN7O2/c1-4-25-19(24)15-12-26-17(11-16(15)23)27-21(31)28-18(20(30)29(5-2)6-3)13-7-9-14(22)10-8-13/h7-12,18H,4-6H2,1-3H3,(H2,24,25)(H4,23,26,27,28,31). The van der Waals surface area contributed by atoms with Crippen LogP contribution in [0.5, 0.6) is 0 Å². The number of hydrogen-bond donors (Lipinski definition) is 4. The van der Waals surface area contributed by atoms with Gasteiger partial charge in [-0.15, -0.1) is 0 Å². The van der Waals surface area contributed by atoms with E-state index in [9.17, 15) is 14.0 Å². The summed E-state index contributed by atoms with van der Waals surface area (Å²) in [5.74, 6) is -0.313. The van der Waals surface area contributed by atoms with Crippen molar-refractivity contribution in [1.29, 1.82) is 0 Å². The Labute approximate surface area is 180 Å². The monoisotopic (exact) mass is 429 g/mol. The minimum atomic E-state index is -0.996. The molecule has 1 aromatic carbocycles. The molecule has 0 aliphatic heterocycles. The number of aromatic nitrogens is 1. The van der Waals surface area contributed by atoms with E-state index in [0.29, 0.717) is 36.4 Å². The highest BCUT2D eigenvalue weighted by Crippen LogP contribution is 2.18. The van der Waals surface area contributed by atoms with Gasteiger partial charge in [0, 0.05) is 37.6 Å². The number of halogens is 1. The largest absolute Gasteiger partial charge is 0.398 e. The predicted octanol–water partition coefficient (Wildman–Crippen LogP) is 2.26. The van der Waals surface area contributed by atoms with Gasteiger partial charge in [0.25, 0.3) is 0 Å². The van der Waals surface area contributed by atoms with Crippen LogP contribution in [-0.2, 0) is 4.79 Å². The Morgan fingerprint density at radius 2 is 1.84 bits per heavy atom. The molecular weight excluding hydrogens is 401 g/mol. The summed E-state index contributed by atoms with van der Waals surface area (Å²) in [6.07, 6.45) is 1.41. The van der Waals surface area contributed by atoms with Crippen LogP contribution in [0, 0.1) is 5.82 Å². The molecule has 2 aromatic rings. The lowest BCUT2D eigenvalue weighted by molar-refractivity contribution is -0.133. The molecule has 0 spiro atoms. The molecule has 0 aliphatic rings. The topological polar surface area (TPSA) is 139 Å². The second kappa shape index (κ2) is 10.9. The summed E-state index contributed by atoms with van der Waals surface area (Å²) in [5.41, 5.74) is 13.1. The van der Waals surface area contributed by atoms with E-state index in [1.165, 1.54) is 36.5 Å². The van der Waals surface area contributed by atoms with Crippen molar-refractivity contribution in [2.45, 2.75) is 26.8 Å². The molecule has 9 nitrogen and oxygen atoms in total. The van der Waals surface area contributed by atoms with Gasteiger partial charge >= 0.3 is 6.03 Å². The molecule has 1 aromatic heterocycles. The summed E-state index contributed by atoms with van der Waals surface area (Å²) in [5, 5.41) is 5.19. The first kappa shape index (κ1) is 23.6. The van der Waals surface area contributed by atoms with Gasteiger partial charge in [-0.2, -0.15) is 0 Å². The second-order valence-corrected chi connectivity index (χ2v) is 6.61. The summed E-state index contributed by atoms with van der Waals surface area (Å²) in [4.78, 5) is 35.3. The average Bonchev–Trinajstić information content (AvgIpc) is 2.73. The Balaban J connectivity index is 2.22. The quantitative estimate of drug-likeness (QED) is 0.377. The highest BCUT2D eigenvalue weighted by atomic mass is 19.1. The van der Waals surface area contributed by atoms with Gasteiger partial charge in [-0.3, -0.25) is 15.1 Å². The van der Waals surface area contributed by atoms with Crippen LogP contribution in [0.15, 0.2) is 41.5 Å². The lowest BCUT2D eigenvalue weighted by atomic mass is 10.1. The van der Waals surface area contributed by atoms with E-state index in [1.54, 1.807) is 4.90 Å². The van der Waals surface area contributed by atoms with E-state index >= 15 is 0 Å². The van der Waals surface area contributed by atoms with E-state index in [0.717, 1.165) is 0 Å². The molecule has 0 saturated carbocycles. The molecule has 0 radical (unpaired) electrons. The van der Waals surface area contributed by atoms with Gasteiger partial charge in [0.05, 0.1) is 5.56 Å². The number of nitrogens with zero attached hydrogens (tertiary/aromatic N) is 3. The Hall–Kier alpha value is -3.69. The van der Waals surface area contributed by atoms with E-state index < -0.39 is 17.9 Å². The second-order valence-electron chi connectivity index (χ2n) is 6.61. The van der Waals surface area contributed by atoms with Crippen molar-refractivity contribution in [3.63, 3.8) is 0 Å². The maximum absolute atomic E-state index is 13.3. The Morgan fingerprint density at radius 1 is 1.19 bits per heavy atom. The molecule has 166 valence electrons. The number of carbonyl (C=O) groups is 2. The van der Waals surface area contributed by atoms with Crippen molar-refractivity contribution in [3.8, 4) is 0 Å². The number of benzene rings is 1. The number of nitrogens with two attached hydrogens (primary N) is 2. The molecule has 31 heavy (non-hydrogen) atoms. The number of urea groups is 1. The van der Waals surface area contributed by atoms with Crippen molar-refractivity contribution >= 4 is 29.3 Å². The Kier molecular flexibility index (Phi) is 8.30. The molecule has 0 bridgehead atoms. The molecule has 0 aliphatic carbocycles. The van der Waals surface area contributed by atoms with Gasteiger partial charge in [-0.25, -0.2) is 14.2 Å². The smallest absolute Gasteiger partial charge is 0.321 e. The summed E-state index contributed by atoms with van der Waals surface area (Å²) < 4.78 is 13.3. The van der Waals surface area contributed by atoms with Crippen molar-refractivity contribution in [2.24, 2.45) is 10.7 Å². The third-order valence-corrected chi connectivity index (χ3v) is 4.58. The highest BCUT2D eigenvalue weighted by molar-refractivity contribution is 6.02. The molecular formula is C21H28FN7O2. The number of amidine groups is 1. The van der Waals surface area contributed by atoms with Crippen LogP contribution >= 0.6 is 0 Å². The summed E-state index contributed by atoms with van der Waals surface area (Å²) in [6.45, 7) is 6.95. The minimum Gasteiger partial charge on any atom is -0.398 e. The molecule has 1 heterocycles. The fourth-order valence-corrected chi connectivity index (χ4v) is 2.95.